The molecule has 25 heavy (non-hydrogen) atoms. The summed E-state index contributed by atoms with van der Waals surface area (Å²) < 4.78 is 5.86. The first-order valence-corrected chi connectivity index (χ1v) is 8.47. The SMILES string of the molecule is O=C1c2ccc(-c3ccccc3)cc2OCN1CCc1ccccc1. The van der Waals surface area contributed by atoms with E-state index in [9.17, 15) is 4.79 Å². The lowest BCUT2D eigenvalue weighted by Gasteiger charge is -2.29. The van der Waals surface area contributed by atoms with Crippen LogP contribution in [0.15, 0.2) is 78.9 Å². The summed E-state index contributed by atoms with van der Waals surface area (Å²) in [4.78, 5) is 14.5. The van der Waals surface area contributed by atoms with Crippen LogP contribution in [-0.2, 0) is 6.42 Å². The molecule has 0 atom stereocenters. The van der Waals surface area contributed by atoms with E-state index in [1.807, 2.05) is 54.6 Å². The second-order valence-corrected chi connectivity index (χ2v) is 6.15. The number of fused-ring (bicyclic) bond motifs is 1. The molecule has 3 heteroatoms. The lowest BCUT2D eigenvalue weighted by molar-refractivity contribution is 0.0525. The van der Waals surface area contributed by atoms with Gasteiger partial charge in [0.1, 0.15) is 5.75 Å². The Hall–Kier alpha value is -3.07. The van der Waals surface area contributed by atoms with Crippen LogP contribution in [0, 0.1) is 0 Å². The van der Waals surface area contributed by atoms with Crippen LogP contribution in [0.25, 0.3) is 11.1 Å². The van der Waals surface area contributed by atoms with Crippen molar-refractivity contribution in [3.8, 4) is 16.9 Å². The molecule has 3 aromatic rings. The van der Waals surface area contributed by atoms with Gasteiger partial charge < -0.3 is 9.64 Å². The van der Waals surface area contributed by atoms with Crippen molar-refractivity contribution in [3.63, 3.8) is 0 Å². The van der Waals surface area contributed by atoms with Gasteiger partial charge in [0.25, 0.3) is 5.91 Å². The predicted molar refractivity (Wildman–Crippen MR) is 98.6 cm³/mol. The highest BCUT2D eigenvalue weighted by Gasteiger charge is 2.25. The van der Waals surface area contributed by atoms with Gasteiger partial charge in [-0.25, -0.2) is 0 Å². The third-order valence-electron chi connectivity index (χ3n) is 4.50. The minimum atomic E-state index is 0.0387. The van der Waals surface area contributed by atoms with E-state index in [2.05, 4.69) is 24.3 Å². The van der Waals surface area contributed by atoms with Crippen molar-refractivity contribution in [2.45, 2.75) is 6.42 Å². The summed E-state index contributed by atoms with van der Waals surface area (Å²) in [6.45, 7) is 0.958. The summed E-state index contributed by atoms with van der Waals surface area (Å²) in [5.74, 6) is 0.708. The van der Waals surface area contributed by atoms with Crippen LogP contribution in [0.4, 0.5) is 0 Å². The van der Waals surface area contributed by atoms with Crippen LogP contribution in [0.2, 0.25) is 0 Å². The third kappa shape index (κ3) is 3.26. The molecule has 1 amide bonds. The number of carbonyl (C=O) groups excluding carboxylic acids is 1. The number of hydrogen-bond acceptors (Lipinski definition) is 2. The molecule has 0 aliphatic carbocycles. The Bertz CT molecular complexity index is 875. The quantitative estimate of drug-likeness (QED) is 0.710. The second kappa shape index (κ2) is 6.81. The molecule has 0 N–H and O–H groups in total. The molecule has 1 aliphatic rings. The van der Waals surface area contributed by atoms with Crippen LogP contribution >= 0.6 is 0 Å². The number of rotatable bonds is 4. The summed E-state index contributed by atoms with van der Waals surface area (Å²) in [6.07, 6.45) is 0.827. The maximum absolute atomic E-state index is 12.7. The first-order valence-electron chi connectivity index (χ1n) is 8.47. The maximum Gasteiger partial charge on any atom is 0.260 e. The third-order valence-corrected chi connectivity index (χ3v) is 4.50. The van der Waals surface area contributed by atoms with E-state index >= 15 is 0 Å². The van der Waals surface area contributed by atoms with Crippen molar-refractivity contribution >= 4 is 5.91 Å². The molecule has 4 rings (SSSR count). The van der Waals surface area contributed by atoms with Crippen molar-refractivity contribution in [3.05, 3.63) is 90.0 Å². The first kappa shape index (κ1) is 15.5. The molecule has 0 saturated carbocycles. The maximum atomic E-state index is 12.7. The Kier molecular flexibility index (Phi) is 4.21. The molecule has 0 unspecified atom stereocenters. The molecule has 1 heterocycles. The lowest BCUT2D eigenvalue weighted by Crippen LogP contribution is -2.39. The summed E-state index contributed by atoms with van der Waals surface area (Å²) in [6, 6.07) is 26.1. The molecular weight excluding hydrogens is 310 g/mol. The largest absolute Gasteiger partial charge is 0.472 e. The number of carbonyl (C=O) groups is 1. The number of nitrogens with zero attached hydrogens (tertiary/aromatic N) is 1. The monoisotopic (exact) mass is 329 g/mol. The average Bonchev–Trinajstić information content (AvgIpc) is 2.69. The van der Waals surface area contributed by atoms with Gasteiger partial charge in [0.15, 0.2) is 6.73 Å². The Morgan fingerprint density at radius 1 is 0.840 bits per heavy atom. The standard InChI is InChI=1S/C22H19NO2/c24-22-20-12-11-19(18-9-5-2-6-10-18)15-21(20)25-16-23(22)14-13-17-7-3-1-4-8-17/h1-12,15H,13-14,16H2. The summed E-state index contributed by atoms with van der Waals surface area (Å²) in [5.41, 5.74) is 4.04. The Balaban J connectivity index is 1.51. The predicted octanol–water partition coefficient (Wildman–Crippen LogP) is 4.39. The Labute approximate surface area is 147 Å². The number of benzene rings is 3. The van der Waals surface area contributed by atoms with E-state index in [0.29, 0.717) is 24.6 Å². The van der Waals surface area contributed by atoms with E-state index in [4.69, 9.17) is 4.74 Å². The minimum Gasteiger partial charge on any atom is -0.472 e. The fraction of sp³-hybridized carbons (Fsp3) is 0.136. The van der Waals surface area contributed by atoms with E-state index in [1.54, 1.807) is 4.90 Å². The molecule has 0 spiro atoms. The van der Waals surface area contributed by atoms with Crippen LogP contribution < -0.4 is 4.74 Å². The highest BCUT2D eigenvalue weighted by Crippen LogP contribution is 2.30. The summed E-state index contributed by atoms with van der Waals surface area (Å²) in [5, 5.41) is 0. The summed E-state index contributed by atoms with van der Waals surface area (Å²) >= 11 is 0. The van der Waals surface area contributed by atoms with Gasteiger partial charge in [-0.15, -0.1) is 0 Å². The molecule has 3 nitrogen and oxygen atoms in total. The normalized spacial score (nSPS) is 13.3. The van der Waals surface area contributed by atoms with Gasteiger partial charge in [-0.1, -0.05) is 66.7 Å². The zero-order chi connectivity index (χ0) is 17.1. The van der Waals surface area contributed by atoms with Crippen LogP contribution in [-0.4, -0.2) is 24.1 Å². The van der Waals surface area contributed by atoms with Gasteiger partial charge >= 0.3 is 0 Å². The molecule has 0 aromatic heterocycles. The number of amides is 1. The van der Waals surface area contributed by atoms with Crippen LogP contribution in [0.5, 0.6) is 5.75 Å². The van der Waals surface area contributed by atoms with Gasteiger partial charge in [0.2, 0.25) is 0 Å². The van der Waals surface area contributed by atoms with Gasteiger partial charge in [0.05, 0.1) is 5.56 Å². The molecule has 3 aromatic carbocycles. The lowest BCUT2D eigenvalue weighted by atomic mass is 10.0. The van der Waals surface area contributed by atoms with Gasteiger partial charge in [-0.05, 0) is 35.2 Å². The molecule has 0 radical (unpaired) electrons. The number of hydrogen-bond donors (Lipinski definition) is 0. The highest BCUT2D eigenvalue weighted by molar-refractivity contribution is 5.98. The molecule has 0 bridgehead atoms. The fourth-order valence-corrected chi connectivity index (χ4v) is 3.08. The van der Waals surface area contributed by atoms with E-state index in [1.165, 1.54) is 5.56 Å². The van der Waals surface area contributed by atoms with E-state index < -0.39 is 0 Å². The summed E-state index contributed by atoms with van der Waals surface area (Å²) in [7, 11) is 0. The van der Waals surface area contributed by atoms with Crippen molar-refractivity contribution in [2.75, 3.05) is 13.3 Å². The van der Waals surface area contributed by atoms with Crippen molar-refractivity contribution in [2.24, 2.45) is 0 Å². The fourth-order valence-electron chi connectivity index (χ4n) is 3.08. The van der Waals surface area contributed by atoms with E-state index in [0.717, 1.165) is 17.5 Å². The minimum absolute atomic E-state index is 0.0387. The average molecular weight is 329 g/mol. The molecule has 124 valence electrons. The zero-order valence-corrected chi connectivity index (χ0v) is 13.9. The van der Waals surface area contributed by atoms with Crippen LogP contribution in [0.3, 0.4) is 0 Å². The first-order chi connectivity index (χ1) is 12.3. The van der Waals surface area contributed by atoms with Gasteiger partial charge in [-0.2, -0.15) is 0 Å². The highest BCUT2D eigenvalue weighted by atomic mass is 16.5. The molecule has 0 saturated heterocycles. The van der Waals surface area contributed by atoms with Crippen molar-refractivity contribution in [1.82, 2.24) is 4.90 Å². The number of ether oxygens (including phenoxy) is 1. The Morgan fingerprint density at radius 2 is 1.56 bits per heavy atom. The van der Waals surface area contributed by atoms with Gasteiger partial charge in [-0.3, -0.25) is 4.79 Å². The smallest absolute Gasteiger partial charge is 0.260 e. The topological polar surface area (TPSA) is 29.5 Å². The van der Waals surface area contributed by atoms with Crippen molar-refractivity contribution in [1.29, 1.82) is 0 Å². The van der Waals surface area contributed by atoms with Crippen molar-refractivity contribution < 1.29 is 9.53 Å². The molecule has 1 aliphatic heterocycles. The Morgan fingerprint density at radius 3 is 2.32 bits per heavy atom. The van der Waals surface area contributed by atoms with E-state index in [-0.39, 0.29) is 5.91 Å². The molecule has 0 fully saturated rings. The molecular formula is C22H19NO2. The zero-order valence-electron chi connectivity index (χ0n) is 13.9. The second-order valence-electron chi connectivity index (χ2n) is 6.15. The van der Waals surface area contributed by atoms with Crippen LogP contribution in [0.1, 0.15) is 15.9 Å². The van der Waals surface area contributed by atoms with Gasteiger partial charge in [0, 0.05) is 6.54 Å².